The molecule has 0 aliphatic heterocycles. The van der Waals surface area contributed by atoms with Gasteiger partial charge in [-0.1, -0.05) is 0 Å². The van der Waals surface area contributed by atoms with Crippen molar-refractivity contribution in [1.29, 1.82) is 0 Å². The van der Waals surface area contributed by atoms with Crippen LogP contribution in [0.1, 0.15) is 6.42 Å². The van der Waals surface area contributed by atoms with Crippen LogP contribution in [0.5, 0.6) is 0 Å². The third-order valence-corrected chi connectivity index (χ3v) is 0.362. The maximum Gasteiger partial charge on any atom is 0.299 e. The van der Waals surface area contributed by atoms with E-state index in [4.69, 9.17) is 24.2 Å². The number of nitrogens with two attached hydrogens (primary N) is 1. The van der Waals surface area contributed by atoms with Crippen LogP contribution < -0.4 is 5.73 Å². The van der Waals surface area contributed by atoms with Gasteiger partial charge in [0.2, 0.25) is 0 Å². The van der Waals surface area contributed by atoms with E-state index in [0.29, 0.717) is 6.54 Å². The smallest absolute Gasteiger partial charge is 0.299 e. The van der Waals surface area contributed by atoms with Crippen molar-refractivity contribution in [3.8, 4) is 0 Å². The van der Waals surface area contributed by atoms with Crippen LogP contribution in [-0.4, -0.2) is 31.6 Å². The summed E-state index contributed by atoms with van der Waals surface area (Å²) in [5.74, 6) is 0. The molecule has 0 aliphatic rings. The van der Waals surface area contributed by atoms with Gasteiger partial charge in [0, 0.05) is 6.61 Å². The lowest BCUT2D eigenvalue weighted by atomic mass is 10.5. The van der Waals surface area contributed by atoms with Crippen LogP contribution in [0, 0.1) is 0 Å². The van der Waals surface area contributed by atoms with Gasteiger partial charge in [0.1, 0.15) is 0 Å². The van der Waals surface area contributed by atoms with Gasteiger partial charge in [0.05, 0.1) is 0 Å². The second-order valence-electron chi connectivity index (χ2n) is 1.10. The average molecular weight is 157 g/mol. The summed E-state index contributed by atoms with van der Waals surface area (Å²) >= 11 is -2.61. The molecular formula is C3H11NO4S. The topological polar surface area (TPSA) is 104 Å². The highest BCUT2D eigenvalue weighted by atomic mass is 32.2. The first-order valence-corrected chi connectivity index (χ1v) is 3.32. The van der Waals surface area contributed by atoms with Crippen LogP contribution in [-0.2, 0) is 11.4 Å². The predicted octanol–water partition coefficient (Wildman–Crippen LogP) is -0.991. The van der Waals surface area contributed by atoms with Crippen molar-refractivity contribution in [3.63, 3.8) is 0 Å². The minimum Gasteiger partial charge on any atom is -0.396 e. The Bertz CT molecular complexity index is 62.8. The summed E-state index contributed by atoms with van der Waals surface area (Å²) in [5.41, 5.74) is 4.98. The van der Waals surface area contributed by atoms with E-state index < -0.39 is 11.4 Å². The molecule has 0 bridgehead atoms. The van der Waals surface area contributed by atoms with Crippen LogP contribution in [0.3, 0.4) is 0 Å². The fraction of sp³-hybridized carbons (Fsp3) is 1.00. The van der Waals surface area contributed by atoms with E-state index in [2.05, 4.69) is 0 Å². The van der Waals surface area contributed by atoms with Gasteiger partial charge >= 0.3 is 0 Å². The van der Waals surface area contributed by atoms with Gasteiger partial charge in [-0.2, -0.15) is 4.21 Å². The molecule has 0 aromatic carbocycles. The molecule has 6 heteroatoms. The molecule has 0 aliphatic carbocycles. The molecule has 5 N–H and O–H groups in total. The quantitative estimate of drug-likeness (QED) is 0.385. The SMILES string of the molecule is NCCCO.O=S(O)O. The van der Waals surface area contributed by atoms with Crippen molar-refractivity contribution in [1.82, 2.24) is 0 Å². The third-order valence-electron chi connectivity index (χ3n) is 0.362. The highest BCUT2D eigenvalue weighted by Crippen LogP contribution is 1.62. The summed E-state index contributed by atoms with van der Waals surface area (Å²) in [6.07, 6.45) is 0.722. The molecule has 0 saturated carbocycles. The zero-order valence-electron chi connectivity index (χ0n) is 4.86. The van der Waals surface area contributed by atoms with Gasteiger partial charge in [-0.15, -0.1) is 0 Å². The van der Waals surface area contributed by atoms with E-state index in [0.717, 1.165) is 6.42 Å². The van der Waals surface area contributed by atoms with Gasteiger partial charge in [-0.25, -0.2) is 0 Å². The monoisotopic (exact) mass is 157 g/mol. The maximum absolute atomic E-state index is 8.67. The van der Waals surface area contributed by atoms with Gasteiger partial charge < -0.3 is 10.8 Å². The third kappa shape index (κ3) is 72.4. The molecule has 0 atom stereocenters. The first kappa shape index (κ1) is 11.7. The van der Waals surface area contributed by atoms with Gasteiger partial charge in [-0.3, -0.25) is 9.11 Å². The number of aliphatic hydroxyl groups excluding tert-OH is 1. The first-order valence-electron chi connectivity index (χ1n) is 2.26. The van der Waals surface area contributed by atoms with Crippen molar-refractivity contribution in [2.75, 3.05) is 13.2 Å². The Balaban J connectivity index is 0. The Hall–Kier alpha value is -0.0100. The Morgan fingerprint density at radius 2 is 1.78 bits per heavy atom. The van der Waals surface area contributed by atoms with E-state index in [9.17, 15) is 0 Å². The molecule has 0 rings (SSSR count). The van der Waals surface area contributed by atoms with Crippen molar-refractivity contribution in [3.05, 3.63) is 0 Å². The van der Waals surface area contributed by atoms with Crippen LogP contribution in [0.2, 0.25) is 0 Å². The summed E-state index contributed by atoms with van der Waals surface area (Å²) in [4.78, 5) is 0. The second kappa shape index (κ2) is 10.9. The number of aliphatic hydroxyl groups is 1. The summed E-state index contributed by atoms with van der Waals surface area (Å²) in [7, 11) is 0. The highest BCUT2D eigenvalue weighted by molar-refractivity contribution is 7.73. The van der Waals surface area contributed by atoms with Crippen LogP contribution in [0.25, 0.3) is 0 Å². The van der Waals surface area contributed by atoms with E-state index in [-0.39, 0.29) is 6.61 Å². The summed E-state index contributed by atoms with van der Waals surface area (Å²) in [6.45, 7) is 0.812. The lowest BCUT2D eigenvalue weighted by Gasteiger charge is -1.80. The van der Waals surface area contributed by atoms with Gasteiger partial charge in [0.15, 0.2) is 0 Å². The minimum absolute atomic E-state index is 0.219. The number of hydrogen-bond donors (Lipinski definition) is 4. The molecule has 0 unspecified atom stereocenters. The van der Waals surface area contributed by atoms with Crippen LogP contribution in [0.4, 0.5) is 0 Å². The van der Waals surface area contributed by atoms with Crippen LogP contribution >= 0.6 is 0 Å². The zero-order chi connectivity index (χ0) is 7.70. The van der Waals surface area contributed by atoms with Crippen molar-refractivity contribution >= 4 is 11.4 Å². The van der Waals surface area contributed by atoms with Crippen molar-refractivity contribution in [2.24, 2.45) is 5.73 Å². The highest BCUT2D eigenvalue weighted by Gasteiger charge is 1.69. The molecule has 0 heterocycles. The molecule has 58 valence electrons. The van der Waals surface area contributed by atoms with E-state index in [1.165, 1.54) is 0 Å². The summed E-state index contributed by atoms with van der Waals surface area (Å²) in [5, 5.41) is 7.99. The molecule has 9 heavy (non-hydrogen) atoms. The standard InChI is InChI=1S/C3H9NO.H2O3S/c4-2-1-3-5;1-4(2)3/h5H,1-4H2;(H2,1,2,3). The Morgan fingerprint density at radius 3 is 1.78 bits per heavy atom. The molecule has 0 amide bonds. The maximum atomic E-state index is 8.67. The molecule has 0 fully saturated rings. The molecule has 0 spiro atoms. The van der Waals surface area contributed by atoms with E-state index >= 15 is 0 Å². The predicted molar refractivity (Wildman–Crippen MR) is 34.2 cm³/mol. The lowest BCUT2D eigenvalue weighted by Crippen LogP contribution is -1.99. The molecule has 0 saturated heterocycles. The molecule has 0 radical (unpaired) electrons. The van der Waals surface area contributed by atoms with E-state index in [1.807, 2.05) is 0 Å². The van der Waals surface area contributed by atoms with Crippen LogP contribution in [0.15, 0.2) is 0 Å². The van der Waals surface area contributed by atoms with Crippen molar-refractivity contribution in [2.45, 2.75) is 6.42 Å². The lowest BCUT2D eigenvalue weighted by molar-refractivity contribution is 0.291. The summed E-state index contributed by atoms with van der Waals surface area (Å²) in [6, 6.07) is 0. The molecule has 0 aromatic rings. The first-order chi connectivity index (χ1) is 4.15. The second-order valence-corrected chi connectivity index (χ2v) is 1.56. The Morgan fingerprint density at radius 1 is 1.44 bits per heavy atom. The fourth-order valence-corrected chi connectivity index (χ4v) is 0.0913. The van der Waals surface area contributed by atoms with E-state index in [1.54, 1.807) is 0 Å². The largest absolute Gasteiger partial charge is 0.396 e. The number of rotatable bonds is 2. The Labute approximate surface area is 56.0 Å². The average Bonchev–Trinajstić information content (AvgIpc) is 1.66. The fourth-order valence-electron chi connectivity index (χ4n) is 0.0913. The molecule has 5 nitrogen and oxygen atoms in total. The minimum atomic E-state index is -2.61. The Kier molecular flexibility index (Phi) is 14.2. The zero-order valence-corrected chi connectivity index (χ0v) is 5.67. The van der Waals surface area contributed by atoms with Gasteiger partial charge in [-0.05, 0) is 13.0 Å². The summed E-state index contributed by atoms with van der Waals surface area (Å²) < 4.78 is 22.8. The normalized spacial score (nSPS) is 8.56. The molecular weight excluding hydrogens is 146 g/mol. The van der Waals surface area contributed by atoms with Gasteiger partial charge in [0.25, 0.3) is 11.4 Å². The number of hydrogen-bond acceptors (Lipinski definition) is 3. The van der Waals surface area contributed by atoms with Crippen molar-refractivity contribution < 1.29 is 18.4 Å². The molecule has 0 aromatic heterocycles.